The highest BCUT2D eigenvalue weighted by atomic mass is 16.5. The van der Waals surface area contributed by atoms with Crippen LogP contribution in [-0.2, 0) is 20.7 Å². The number of hydrogen-bond donors (Lipinski definition) is 2. The minimum absolute atomic E-state index is 0.0497. The van der Waals surface area contributed by atoms with Gasteiger partial charge in [0.15, 0.2) is 0 Å². The third-order valence-electron chi connectivity index (χ3n) is 3.22. The molecule has 1 aromatic rings. The van der Waals surface area contributed by atoms with Gasteiger partial charge in [0.05, 0.1) is 13.7 Å². The van der Waals surface area contributed by atoms with Gasteiger partial charge in [-0.05, 0) is 30.0 Å². The number of benzene rings is 1. The van der Waals surface area contributed by atoms with Crippen molar-refractivity contribution in [2.75, 3.05) is 19.0 Å². The Hall–Kier alpha value is -1.88. The molecule has 0 saturated heterocycles. The highest BCUT2D eigenvalue weighted by molar-refractivity contribution is 5.92. The van der Waals surface area contributed by atoms with Gasteiger partial charge in [-0.25, -0.2) is 0 Å². The molecule has 1 aromatic carbocycles. The number of carbonyl (C=O) groups excluding carboxylic acids is 2. The first-order valence-electron chi connectivity index (χ1n) is 7.18. The summed E-state index contributed by atoms with van der Waals surface area (Å²) in [6.07, 6.45) is 0.916. The topological polar surface area (TPSA) is 67.4 Å². The lowest BCUT2D eigenvalue weighted by Gasteiger charge is -2.19. The zero-order chi connectivity index (χ0) is 15.8. The van der Waals surface area contributed by atoms with Crippen LogP contribution in [0.1, 0.15) is 26.3 Å². The van der Waals surface area contributed by atoms with Gasteiger partial charge in [-0.3, -0.25) is 14.9 Å². The summed E-state index contributed by atoms with van der Waals surface area (Å²) in [7, 11) is 1.34. The predicted molar refractivity (Wildman–Crippen MR) is 83.1 cm³/mol. The lowest BCUT2D eigenvalue weighted by Crippen LogP contribution is -2.45. The van der Waals surface area contributed by atoms with Crippen LogP contribution in [0.25, 0.3) is 0 Å². The highest BCUT2D eigenvalue weighted by Crippen LogP contribution is 2.11. The third kappa shape index (κ3) is 5.55. The number of amides is 1. The van der Waals surface area contributed by atoms with Crippen LogP contribution < -0.4 is 10.6 Å². The number of aryl methyl sites for hydroxylation is 1. The Bertz CT molecular complexity index is 486. The largest absolute Gasteiger partial charge is 0.468 e. The number of ether oxygens (including phenoxy) is 1. The second-order valence-electron chi connectivity index (χ2n) is 5.23. The summed E-state index contributed by atoms with van der Waals surface area (Å²) in [5.74, 6) is -0.489. The average molecular weight is 292 g/mol. The first kappa shape index (κ1) is 17.2. The Morgan fingerprint density at radius 1 is 1.29 bits per heavy atom. The van der Waals surface area contributed by atoms with E-state index in [1.807, 2.05) is 38.1 Å². The van der Waals surface area contributed by atoms with Crippen LogP contribution in [0.2, 0.25) is 0 Å². The van der Waals surface area contributed by atoms with E-state index in [0.29, 0.717) is 0 Å². The standard InChI is InChI=1S/C16H24N2O3/c1-5-12-7-6-8-13(9-12)18-14(19)10-17-15(11(2)3)16(20)21-4/h6-9,11,15,17H,5,10H2,1-4H3,(H,18,19). The zero-order valence-corrected chi connectivity index (χ0v) is 13.1. The van der Waals surface area contributed by atoms with Gasteiger partial charge in [0.25, 0.3) is 0 Å². The van der Waals surface area contributed by atoms with Crippen molar-refractivity contribution < 1.29 is 14.3 Å². The van der Waals surface area contributed by atoms with E-state index in [4.69, 9.17) is 4.74 Å². The van der Waals surface area contributed by atoms with Crippen LogP contribution in [0.3, 0.4) is 0 Å². The molecule has 0 heterocycles. The maximum absolute atomic E-state index is 11.9. The van der Waals surface area contributed by atoms with Gasteiger partial charge in [0.1, 0.15) is 6.04 Å². The molecule has 0 aliphatic heterocycles. The van der Waals surface area contributed by atoms with Crippen LogP contribution in [0.15, 0.2) is 24.3 Å². The van der Waals surface area contributed by atoms with Crippen molar-refractivity contribution in [3.63, 3.8) is 0 Å². The number of methoxy groups -OCH3 is 1. The van der Waals surface area contributed by atoms with Crippen molar-refractivity contribution in [1.29, 1.82) is 0 Å². The molecule has 0 bridgehead atoms. The number of rotatable bonds is 7. The van der Waals surface area contributed by atoms with E-state index in [1.165, 1.54) is 7.11 Å². The van der Waals surface area contributed by atoms with Crippen molar-refractivity contribution >= 4 is 17.6 Å². The van der Waals surface area contributed by atoms with Crippen molar-refractivity contribution in [2.24, 2.45) is 5.92 Å². The predicted octanol–water partition coefficient (Wildman–Crippen LogP) is 1.97. The minimum atomic E-state index is -0.484. The second-order valence-corrected chi connectivity index (χ2v) is 5.23. The summed E-state index contributed by atoms with van der Waals surface area (Å²) in [4.78, 5) is 23.5. The molecule has 0 spiro atoms. The molecule has 1 unspecified atom stereocenters. The van der Waals surface area contributed by atoms with Crippen LogP contribution in [-0.4, -0.2) is 31.6 Å². The Kier molecular flexibility index (Phi) is 6.88. The fourth-order valence-electron chi connectivity index (χ4n) is 2.00. The zero-order valence-electron chi connectivity index (χ0n) is 13.1. The molecule has 1 rings (SSSR count). The van der Waals surface area contributed by atoms with Crippen LogP contribution in [0.4, 0.5) is 5.69 Å². The molecule has 1 amide bonds. The van der Waals surface area contributed by atoms with E-state index in [1.54, 1.807) is 0 Å². The summed E-state index contributed by atoms with van der Waals surface area (Å²) in [6.45, 7) is 5.93. The fraction of sp³-hybridized carbons (Fsp3) is 0.500. The lowest BCUT2D eigenvalue weighted by atomic mass is 10.0. The molecular weight excluding hydrogens is 268 g/mol. The lowest BCUT2D eigenvalue weighted by molar-refractivity contribution is -0.144. The molecule has 0 fully saturated rings. The fourth-order valence-corrected chi connectivity index (χ4v) is 2.00. The van der Waals surface area contributed by atoms with Gasteiger partial charge in [-0.15, -0.1) is 0 Å². The monoisotopic (exact) mass is 292 g/mol. The summed E-state index contributed by atoms with van der Waals surface area (Å²) in [6, 6.07) is 7.23. The molecule has 5 nitrogen and oxygen atoms in total. The summed E-state index contributed by atoms with van der Waals surface area (Å²) in [5.41, 5.74) is 1.93. The second kappa shape index (κ2) is 8.42. The normalized spacial score (nSPS) is 12.0. The summed E-state index contributed by atoms with van der Waals surface area (Å²) >= 11 is 0. The van der Waals surface area contributed by atoms with Gasteiger partial charge in [-0.1, -0.05) is 32.9 Å². The average Bonchev–Trinajstić information content (AvgIpc) is 2.46. The SMILES string of the molecule is CCc1cccc(NC(=O)CNC(C(=O)OC)C(C)C)c1. The Morgan fingerprint density at radius 2 is 2.00 bits per heavy atom. The number of hydrogen-bond acceptors (Lipinski definition) is 4. The van der Waals surface area contributed by atoms with Gasteiger partial charge >= 0.3 is 5.97 Å². The van der Waals surface area contributed by atoms with Crippen molar-refractivity contribution in [3.8, 4) is 0 Å². The Balaban J connectivity index is 2.54. The van der Waals surface area contributed by atoms with Crippen LogP contribution in [0.5, 0.6) is 0 Å². The molecule has 116 valence electrons. The number of anilines is 1. The van der Waals surface area contributed by atoms with Gasteiger partial charge in [0.2, 0.25) is 5.91 Å². The maximum Gasteiger partial charge on any atom is 0.323 e. The van der Waals surface area contributed by atoms with E-state index < -0.39 is 6.04 Å². The molecule has 21 heavy (non-hydrogen) atoms. The number of nitrogens with one attached hydrogen (secondary N) is 2. The maximum atomic E-state index is 11.9. The van der Waals surface area contributed by atoms with Crippen LogP contribution >= 0.6 is 0 Å². The van der Waals surface area contributed by atoms with Crippen molar-refractivity contribution in [1.82, 2.24) is 5.32 Å². The molecule has 0 saturated carbocycles. The van der Waals surface area contributed by atoms with Gasteiger partial charge in [0, 0.05) is 5.69 Å². The molecule has 1 atom stereocenters. The molecule has 0 aliphatic rings. The van der Waals surface area contributed by atoms with Gasteiger partial charge < -0.3 is 10.1 Å². The molecule has 5 heteroatoms. The van der Waals surface area contributed by atoms with E-state index >= 15 is 0 Å². The summed E-state index contributed by atoms with van der Waals surface area (Å²) < 4.78 is 4.72. The highest BCUT2D eigenvalue weighted by Gasteiger charge is 2.23. The smallest absolute Gasteiger partial charge is 0.323 e. The first-order valence-corrected chi connectivity index (χ1v) is 7.18. The molecule has 0 aliphatic carbocycles. The van der Waals surface area contributed by atoms with Gasteiger partial charge in [-0.2, -0.15) is 0 Å². The molecular formula is C16H24N2O3. The number of esters is 1. The molecule has 2 N–H and O–H groups in total. The van der Waals surface area contributed by atoms with Crippen molar-refractivity contribution in [3.05, 3.63) is 29.8 Å². The number of carbonyl (C=O) groups is 2. The Morgan fingerprint density at radius 3 is 2.57 bits per heavy atom. The van der Waals surface area contributed by atoms with E-state index in [-0.39, 0.29) is 24.3 Å². The molecule has 0 radical (unpaired) electrons. The summed E-state index contributed by atoms with van der Waals surface area (Å²) in [5, 5.41) is 5.75. The quantitative estimate of drug-likeness (QED) is 0.754. The first-order chi connectivity index (χ1) is 9.97. The van der Waals surface area contributed by atoms with Crippen LogP contribution in [0, 0.1) is 5.92 Å². The Labute approximate surface area is 126 Å². The molecule has 0 aromatic heterocycles. The van der Waals surface area contributed by atoms with E-state index in [0.717, 1.165) is 17.7 Å². The van der Waals surface area contributed by atoms with E-state index in [9.17, 15) is 9.59 Å². The van der Waals surface area contributed by atoms with E-state index in [2.05, 4.69) is 17.6 Å². The minimum Gasteiger partial charge on any atom is -0.468 e. The van der Waals surface area contributed by atoms with Crippen molar-refractivity contribution in [2.45, 2.75) is 33.2 Å². The third-order valence-corrected chi connectivity index (χ3v) is 3.22.